The van der Waals surface area contributed by atoms with E-state index < -0.39 is 5.41 Å². The third-order valence-corrected chi connectivity index (χ3v) is 17.1. The van der Waals surface area contributed by atoms with Gasteiger partial charge in [0.25, 0.3) is 0 Å². The Morgan fingerprint density at radius 3 is 1.76 bits per heavy atom. The highest BCUT2D eigenvalue weighted by Gasteiger charge is 2.30. The summed E-state index contributed by atoms with van der Waals surface area (Å²) in [6, 6.07) is 16.1. The molecule has 0 radical (unpaired) electrons. The molecule has 0 unspecified atom stereocenters. The SMILES string of the molecule is C=CC(=O)N(CCC(C)(C)c1cnc(CSc2cnc(NC(=O)C3CCN(Cc4cccc(N)c4)CC3)s2)o1)c1cccc(CN2CCC(C(=O)Nc3ncc(SCc4ncc(C(C)(C)C)o4)s3)CC2)c1. The van der Waals surface area contributed by atoms with Crippen molar-refractivity contribution in [1.82, 2.24) is 29.7 Å². The predicted molar refractivity (Wildman–Crippen MR) is 286 cm³/mol. The van der Waals surface area contributed by atoms with Crippen LogP contribution in [0.25, 0.3) is 0 Å². The molecule has 0 bridgehead atoms. The van der Waals surface area contributed by atoms with Gasteiger partial charge in [0.1, 0.15) is 11.5 Å². The summed E-state index contributed by atoms with van der Waals surface area (Å²) in [6.45, 7) is 19.6. The first-order valence-electron chi connectivity index (χ1n) is 24.1. The Kier molecular flexibility index (Phi) is 17.2. The molecular weight excluding hydrogens is 973 g/mol. The zero-order valence-corrected chi connectivity index (χ0v) is 44.4. The second-order valence-electron chi connectivity index (χ2n) is 19.9. The van der Waals surface area contributed by atoms with E-state index >= 15 is 0 Å². The number of rotatable bonds is 20. The first-order chi connectivity index (χ1) is 34.1. The molecule has 6 heterocycles. The lowest BCUT2D eigenvalue weighted by Crippen LogP contribution is -2.38. The third-order valence-electron chi connectivity index (χ3n) is 12.9. The number of oxazole rings is 2. The van der Waals surface area contributed by atoms with Crippen LogP contribution in [0.3, 0.4) is 0 Å². The fourth-order valence-electron chi connectivity index (χ4n) is 8.59. The molecule has 6 aromatic rings. The smallest absolute Gasteiger partial charge is 0.250 e. The highest BCUT2D eigenvalue weighted by molar-refractivity contribution is 8.00. The summed E-state index contributed by atoms with van der Waals surface area (Å²) in [4.78, 5) is 64.2. The largest absolute Gasteiger partial charge is 0.444 e. The maximum Gasteiger partial charge on any atom is 0.250 e. The van der Waals surface area contributed by atoms with E-state index in [0.717, 1.165) is 95.3 Å². The van der Waals surface area contributed by atoms with Gasteiger partial charge < -0.3 is 30.1 Å². The zero-order valence-electron chi connectivity index (χ0n) is 41.1. The Balaban J connectivity index is 0.761. The molecule has 4 aromatic heterocycles. The van der Waals surface area contributed by atoms with E-state index in [9.17, 15) is 14.4 Å². The number of nitrogen functional groups attached to an aromatic ring is 1. The number of anilines is 4. The number of benzene rings is 2. The monoisotopic (exact) mass is 1040 g/mol. The van der Waals surface area contributed by atoms with Gasteiger partial charge in [0.05, 0.1) is 44.7 Å². The Labute approximate surface area is 432 Å². The molecule has 2 aromatic carbocycles. The van der Waals surface area contributed by atoms with Gasteiger partial charge in [-0.15, -0.1) is 23.5 Å². The minimum Gasteiger partial charge on any atom is -0.444 e. The lowest BCUT2D eigenvalue weighted by atomic mass is 9.86. The first kappa shape index (κ1) is 52.0. The number of carbonyl (C=O) groups excluding carboxylic acids is 3. The number of piperidine rings is 2. The van der Waals surface area contributed by atoms with Gasteiger partial charge in [0, 0.05) is 53.7 Å². The van der Waals surface area contributed by atoms with Gasteiger partial charge in [0.15, 0.2) is 10.3 Å². The number of amides is 3. The van der Waals surface area contributed by atoms with Crippen molar-refractivity contribution >= 4 is 85.6 Å². The van der Waals surface area contributed by atoms with Crippen LogP contribution >= 0.6 is 46.2 Å². The van der Waals surface area contributed by atoms with Gasteiger partial charge in [0.2, 0.25) is 29.5 Å². The van der Waals surface area contributed by atoms with Crippen molar-refractivity contribution in [1.29, 1.82) is 0 Å². The van der Waals surface area contributed by atoms with Gasteiger partial charge in [-0.25, -0.2) is 19.9 Å². The van der Waals surface area contributed by atoms with Crippen LogP contribution in [0.5, 0.6) is 0 Å². The molecule has 4 N–H and O–H groups in total. The second-order valence-corrected chi connectivity index (χ2v) is 24.5. The van der Waals surface area contributed by atoms with Crippen molar-refractivity contribution in [3.63, 3.8) is 0 Å². The molecule has 0 spiro atoms. The summed E-state index contributed by atoms with van der Waals surface area (Å²) >= 11 is 6.07. The van der Waals surface area contributed by atoms with Crippen molar-refractivity contribution in [2.45, 2.75) is 111 Å². The van der Waals surface area contributed by atoms with Crippen LogP contribution in [0.2, 0.25) is 0 Å². The number of thiazole rings is 2. The third kappa shape index (κ3) is 14.4. The molecule has 2 aliphatic rings. The molecule has 71 heavy (non-hydrogen) atoms. The average Bonchev–Trinajstić information content (AvgIpc) is 4.20. The minimum absolute atomic E-state index is 0.00406. The van der Waals surface area contributed by atoms with E-state index in [4.69, 9.17) is 14.6 Å². The second kappa shape index (κ2) is 23.5. The summed E-state index contributed by atoms with van der Waals surface area (Å²) in [7, 11) is 0. The Hall–Kier alpha value is -5.31. The van der Waals surface area contributed by atoms with Crippen LogP contribution in [0.15, 0.2) is 103 Å². The van der Waals surface area contributed by atoms with E-state index in [1.807, 2.05) is 30.3 Å². The minimum atomic E-state index is -0.423. The molecule has 376 valence electrons. The lowest BCUT2D eigenvalue weighted by Gasteiger charge is -2.31. The Morgan fingerprint density at radius 2 is 1.25 bits per heavy atom. The number of carbonyl (C=O) groups is 3. The number of likely N-dealkylation sites (tertiary alicyclic amines) is 2. The van der Waals surface area contributed by atoms with E-state index in [2.05, 4.69) is 99.8 Å². The van der Waals surface area contributed by atoms with Crippen molar-refractivity contribution in [3.05, 3.63) is 120 Å². The summed E-state index contributed by atoms with van der Waals surface area (Å²) < 4.78 is 14.2. The maximum atomic E-state index is 13.3. The summed E-state index contributed by atoms with van der Waals surface area (Å²) in [5, 5.41) is 7.28. The Bertz CT molecular complexity index is 2760. The summed E-state index contributed by atoms with van der Waals surface area (Å²) in [5.41, 5.74) is 9.29. The van der Waals surface area contributed by atoms with E-state index in [1.165, 1.54) is 34.3 Å². The maximum absolute atomic E-state index is 13.3. The summed E-state index contributed by atoms with van der Waals surface area (Å²) in [5.74, 6) is 3.67. The number of nitrogens with two attached hydrogens (primary N) is 1. The number of hydrogen-bond donors (Lipinski definition) is 3. The van der Waals surface area contributed by atoms with Crippen LogP contribution in [-0.4, -0.2) is 80.2 Å². The van der Waals surface area contributed by atoms with Crippen LogP contribution < -0.4 is 21.3 Å². The number of aromatic nitrogens is 4. The number of thioether (sulfide) groups is 2. The van der Waals surface area contributed by atoms with Crippen LogP contribution in [0, 0.1) is 11.8 Å². The van der Waals surface area contributed by atoms with Crippen molar-refractivity contribution in [2.24, 2.45) is 11.8 Å². The molecule has 2 saturated heterocycles. The lowest BCUT2D eigenvalue weighted by molar-refractivity contribution is -0.122. The van der Waals surface area contributed by atoms with E-state index in [0.29, 0.717) is 53.1 Å². The topological polar surface area (TPSA) is 189 Å². The average molecular weight is 1040 g/mol. The van der Waals surface area contributed by atoms with Gasteiger partial charge in [-0.2, -0.15) is 0 Å². The standard InChI is InChI=1S/C52H64N10O5S4/c1-7-44(63)62(39-13-9-11-35(25-39)31-61-21-16-37(17-22-61)48(65)59-49-56-28-45(70-49)68-32-42-54-26-40(66-42)51(2,3)4)23-18-52(5,6)41-27-55-43(67-41)33-69-46-29-57-50(71-46)58-47(64)36-14-19-60(20-15-36)30-34-10-8-12-38(53)24-34/h7-13,24-29,36-37H,1,14-23,30-33,53H2,2-6H3,(H,56,59,65)(H,57,58,64). The van der Waals surface area contributed by atoms with E-state index in [-0.39, 0.29) is 35.0 Å². The first-order valence-corrected chi connectivity index (χ1v) is 27.7. The molecule has 3 amide bonds. The normalized spacial score (nSPS) is 15.5. The molecule has 0 aliphatic carbocycles. The number of nitrogens with one attached hydrogen (secondary N) is 2. The molecule has 2 aliphatic heterocycles. The quantitative estimate of drug-likeness (QED) is 0.0372. The fourth-order valence-corrected chi connectivity index (χ4v) is 12.0. The molecule has 19 heteroatoms. The van der Waals surface area contributed by atoms with Gasteiger partial charge in [-0.05, 0) is 99.8 Å². The Morgan fingerprint density at radius 1 is 0.746 bits per heavy atom. The molecule has 8 rings (SSSR count). The number of nitrogens with zero attached hydrogens (tertiary/aromatic N) is 7. The molecule has 2 fully saturated rings. The van der Waals surface area contributed by atoms with Gasteiger partial charge in [-0.3, -0.25) is 24.2 Å². The highest BCUT2D eigenvalue weighted by Crippen LogP contribution is 2.36. The van der Waals surface area contributed by atoms with Crippen molar-refractivity contribution in [3.8, 4) is 0 Å². The van der Waals surface area contributed by atoms with Gasteiger partial charge in [-0.1, -0.05) is 88.1 Å². The highest BCUT2D eigenvalue weighted by atomic mass is 32.2. The molecule has 0 saturated carbocycles. The molecule has 15 nitrogen and oxygen atoms in total. The van der Waals surface area contributed by atoms with E-state index in [1.54, 1.807) is 53.2 Å². The summed E-state index contributed by atoms with van der Waals surface area (Å²) in [6.07, 6.45) is 12.2. The van der Waals surface area contributed by atoms with Crippen molar-refractivity contribution < 1.29 is 23.2 Å². The zero-order chi connectivity index (χ0) is 50.1. The van der Waals surface area contributed by atoms with Crippen LogP contribution in [0.1, 0.15) is 101 Å². The van der Waals surface area contributed by atoms with Crippen LogP contribution in [-0.2, 0) is 49.8 Å². The molecular formula is C52H64N10O5S4. The fraction of sp³-hybridized carbons (Fsp3) is 0.442. The van der Waals surface area contributed by atoms with Gasteiger partial charge >= 0.3 is 0 Å². The predicted octanol–water partition coefficient (Wildman–Crippen LogP) is 10.6. The van der Waals surface area contributed by atoms with Crippen LogP contribution in [0.4, 0.5) is 21.6 Å². The molecule has 0 atom stereocenters. The number of hydrogen-bond acceptors (Lipinski definition) is 16. The van der Waals surface area contributed by atoms with Crippen molar-refractivity contribution in [2.75, 3.05) is 54.0 Å².